The first-order valence-corrected chi connectivity index (χ1v) is 14.2. The van der Waals surface area contributed by atoms with Crippen molar-refractivity contribution in [2.24, 2.45) is 0 Å². The van der Waals surface area contributed by atoms with Gasteiger partial charge in [-0.3, -0.25) is 9.59 Å². The van der Waals surface area contributed by atoms with Crippen molar-refractivity contribution in [2.45, 2.75) is 36.0 Å². The normalized spacial score (nSPS) is 13.5. The van der Waals surface area contributed by atoms with Crippen LogP contribution in [-0.4, -0.2) is 21.8 Å². The van der Waals surface area contributed by atoms with Crippen molar-refractivity contribution in [1.82, 2.24) is 9.97 Å². The zero-order valence-corrected chi connectivity index (χ0v) is 23.2. The van der Waals surface area contributed by atoms with Crippen LogP contribution in [0.4, 0.5) is 15.2 Å². The highest BCUT2D eigenvalue weighted by atomic mass is 127. The number of carbonyl (C=O) groups is 2. The van der Waals surface area contributed by atoms with E-state index in [0.717, 1.165) is 24.0 Å². The molecule has 8 nitrogen and oxygen atoms in total. The molecule has 0 spiro atoms. The second-order valence-corrected chi connectivity index (χ2v) is 10.5. The molecule has 0 saturated heterocycles. The summed E-state index contributed by atoms with van der Waals surface area (Å²) in [4.78, 5) is 34.2. The molecule has 0 bridgehead atoms. The Morgan fingerprint density at radius 3 is 2.71 bits per heavy atom. The van der Waals surface area contributed by atoms with E-state index in [1.165, 1.54) is 29.5 Å². The summed E-state index contributed by atoms with van der Waals surface area (Å²) in [5.74, 6) is -0.688. The Bertz CT molecular complexity index is 1610. The predicted octanol–water partition coefficient (Wildman–Crippen LogP) is 6.71. The maximum absolute atomic E-state index is 14.7. The van der Waals surface area contributed by atoms with E-state index in [9.17, 15) is 19.2 Å². The third-order valence-electron chi connectivity index (χ3n) is 6.24. The fraction of sp³-hybridized carbons (Fsp3) is 0.222. The molecule has 4 aromatic rings. The van der Waals surface area contributed by atoms with Crippen molar-refractivity contribution in [3.8, 4) is 17.7 Å². The van der Waals surface area contributed by atoms with Crippen LogP contribution in [0, 0.1) is 17.1 Å². The average molecular weight is 641 g/mol. The van der Waals surface area contributed by atoms with Crippen LogP contribution in [0.15, 0.2) is 48.5 Å². The molecule has 2 aromatic carbocycles. The minimum absolute atomic E-state index is 0.0397. The number of carbonyl (C=O) groups excluding carboxylic acids is 2. The smallest absolute Gasteiger partial charge is 0.256 e. The first-order valence-electron chi connectivity index (χ1n) is 11.8. The summed E-state index contributed by atoms with van der Waals surface area (Å²) in [6, 6.07) is 15.1. The van der Waals surface area contributed by atoms with Crippen LogP contribution >= 0.6 is 33.9 Å². The lowest BCUT2D eigenvalue weighted by Gasteiger charge is -2.16. The largest absolute Gasteiger partial charge is 0.439 e. The van der Waals surface area contributed by atoms with Gasteiger partial charge in [0.25, 0.3) is 5.91 Å². The highest BCUT2D eigenvalue weighted by Gasteiger charge is 2.46. The number of ether oxygens (including phenoxy) is 1. The lowest BCUT2D eigenvalue weighted by atomic mass is 9.90. The summed E-state index contributed by atoms with van der Waals surface area (Å²) in [6.07, 6.45) is 1.87. The number of aromatic nitrogens is 2. The molecule has 38 heavy (non-hydrogen) atoms. The van der Waals surface area contributed by atoms with E-state index in [-0.39, 0.29) is 23.2 Å². The summed E-state index contributed by atoms with van der Waals surface area (Å²) >= 11 is 3.40. The molecule has 0 aliphatic heterocycles. The highest BCUT2D eigenvalue weighted by Crippen LogP contribution is 2.49. The fourth-order valence-corrected chi connectivity index (χ4v) is 5.72. The van der Waals surface area contributed by atoms with E-state index in [1.54, 1.807) is 31.2 Å². The lowest BCUT2D eigenvalue weighted by Crippen LogP contribution is -2.18. The van der Waals surface area contributed by atoms with E-state index in [1.807, 2.05) is 6.07 Å². The third kappa shape index (κ3) is 5.19. The molecule has 1 aliphatic rings. The number of nitrogens with zero attached hydrogens (tertiary/aromatic N) is 3. The summed E-state index contributed by atoms with van der Waals surface area (Å²) < 4.78 is 21.1. The number of halogens is 2. The van der Waals surface area contributed by atoms with Gasteiger partial charge in [0.15, 0.2) is 5.13 Å². The predicted molar refractivity (Wildman–Crippen MR) is 151 cm³/mol. The minimum atomic E-state index is -0.615. The molecular weight excluding hydrogens is 620 g/mol. The second-order valence-electron chi connectivity index (χ2n) is 8.75. The third-order valence-corrected chi connectivity index (χ3v) is 7.88. The zero-order chi connectivity index (χ0) is 26.9. The van der Waals surface area contributed by atoms with Crippen molar-refractivity contribution >= 4 is 66.9 Å². The van der Waals surface area contributed by atoms with E-state index < -0.39 is 17.1 Å². The Morgan fingerprint density at radius 1 is 1.18 bits per heavy atom. The van der Waals surface area contributed by atoms with Crippen LogP contribution in [0.5, 0.6) is 11.6 Å². The molecular formula is C27H21FIN5O3S. The average Bonchev–Trinajstić information content (AvgIpc) is 3.63. The molecule has 2 aromatic heterocycles. The van der Waals surface area contributed by atoms with Crippen molar-refractivity contribution in [3.05, 3.63) is 71.0 Å². The number of alkyl halides is 1. The number of fused-ring (bicyclic) bond motifs is 1. The molecule has 5 rings (SSSR count). The second kappa shape index (κ2) is 10.6. The Hall–Kier alpha value is -3.63. The molecule has 1 fully saturated rings. The van der Waals surface area contributed by atoms with Gasteiger partial charge in [0, 0.05) is 28.5 Å². The minimum Gasteiger partial charge on any atom is -0.439 e. The molecule has 2 heterocycles. The van der Waals surface area contributed by atoms with Gasteiger partial charge in [0.2, 0.25) is 11.8 Å². The number of nitriles is 1. The monoisotopic (exact) mass is 641 g/mol. The number of thiazole rings is 1. The van der Waals surface area contributed by atoms with Gasteiger partial charge >= 0.3 is 0 Å². The van der Waals surface area contributed by atoms with Gasteiger partial charge in [-0.1, -0.05) is 53.0 Å². The van der Waals surface area contributed by atoms with Gasteiger partial charge in [-0.25, -0.2) is 14.4 Å². The molecule has 1 saturated carbocycles. The molecule has 0 unspecified atom stereocenters. The van der Waals surface area contributed by atoms with Crippen LogP contribution in [0.3, 0.4) is 0 Å². The lowest BCUT2D eigenvalue weighted by molar-refractivity contribution is -0.115. The van der Waals surface area contributed by atoms with Crippen LogP contribution in [-0.2, 0) is 14.6 Å². The number of nitrogens with one attached hydrogen (secondary N) is 2. The number of hydrogen-bond acceptors (Lipinski definition) is 7. The van der Waals surface area contributed by atoms with Crippen LogP contribution in [0.25, 0.3) is 10.3 Å². The molecule has 2 amide bonds. The quantitative estimate of drug-likeness (QED) is 0.163. The van der Waals surface area contributed by atoms with E-state index >= 15 is 0 Å². The summed E-state index contributed by atoms with van der Waals surface area (Å²) in [7, 11) is 0. The van der Waals surface area contributed by atoms with Crippen LogP contribution in [0.1, 0.15) is 47.7 Å². The Morgan fingerprint density at radius 2 is 2.00 bits per heavy atom. The maximum Gasteiger partial charge on any atom is 0.256 e. The van der Waals surface area contributed by atoms with E-state index in [0.29, 0.717) is 31.9 Å². The SMILES string of the molecule is CCC(=O)Nc1nc2ccc(Oc3ccc(F)c(NC(=O)c4cccc(C5(C#N)CC5)c4CI)c3)nc2s1. The van der Waals surface area contributed by atoms with Gasteiger partial charge in [-0.2, -0.15) is 5.26 Å². The fourth-order valence-electron chi connectivity index (χ4n) is 4.05. The Balaban J connectivity index is 1.36. The number of anilines is 2. The summed E-state index contributed by atoms with van der Waals surface area (Å²) in [6.45, 7) is 1.75. The topological polar surface area (TPSA) is 117 Å². The molecule has 11 heteroatoms. The number of hydrogen-bond donors (Lipinski definition) is 2. The molecule has 0 atom stereocenters. The summed E-state index contributed by atoms with van der Waals surface area (Å²) in [5.41, 5.74) is 2.09. The molecule has 2 N–H and O–H groups in total. The first-order chi connectivity index (χ1) is 18.4. The maximum atomic E-state index is 14.7. The van der Waals surface area contributed by atoms with Gasteiger partial charge in [-0.05, 0) is 48.2 Å². The Labute approximate surface area is 235 Å². The standard InChI is InChI=1S/C27H21FIN5O3S/c1-2-22(35)33-26-32-20-8-9-23(34-25(20)38-26)37-15-6-7-19(28)21(12-15)31-24(36)16-4-3-5-18(17(16)13-29)27(14-30)10-11-27/h3-9,12H,2,10-11,13H2,1H3,(H,31,36)(H,32,33,35). The van der Waals surface area contributed by atoms with Gasteiger partial charge in [0.05, 0.1) is 17.2 Å². The number of benzene rings is 2. The van der Waals surface area contributed by atoms with Crippen molar-refractivity contribution in [2.75, 3.05) is 10.6 Å². The van der Waals surface area contributed by atoms with Gasteiger partial charge in [0.1, 0.15) is 21.9 Å². The first kappa shape index (κ1) is 26.0. The van der Waals surface area contributed by atoms with E-state index in [2.05, 4.69) is 49.3 Å². The van der Waals surface area contributed by atoms with E-state index in [4.69, 9.17) is 4.74 Å². The zero-order valence-electron chi connectivity index (χ0n) is 20.2. The number of pyridine rings is 1. The number of rotatable bonds is 8. The van der Waals surface area contributed by atoms with Crippen molar-refractivity contribution in [3.63, 3.8) is 0 Å². The Kier molecular flexibility index (Phi) is 7.27. The van der Waals surface area contributed by atoms with Gasteiger partial charge < -0.3 is 15.4 Å². The molecule has 192 valence electrons. The summed E-state index contributed by atoms with van der Waals surface area (Å²) in [5, 5.41) is 15.5. The van der Waals surface area contributed by atoms with Crippen LogP contribution < -0.4 is 15.4 Å². The van der Waals surface area contributed by atoms with Crippen molar-refractivity contribution < 1.29 is 18.7 Å². The highest BCUT2D eigenvalue weighted by molar-refractivity contribution is 14.1. The number of amides is 2. The van der Waals surface area contributed by atoms with Crippen molar-refractivity contribution in [1.29, 1.82) is 5.26 Å². The molecule has 0 radical (unpaired) electrons. The molecule has 1 aliphatic carbocycles. The van der Waals surface area contributed by atoms with Crippen LogP contribution in [0.2, 0.25) is 0 Å². The van der Waals surface area contributed by atoms with Gasteiger partial charge in [-0.15, -0.1) is 0 Å².